The molecule has 1 fully saturated rings. The number of sulfone groups is 1. The molecule has 1 atom stereocenters. The van der Waals surface area contributed by atoms with Gasteiger partial charge in [-0.3, -0.25) is 14.3 Å². The van der Waals surface area contributed by atoms with Crippen LogP contribution in [0, 0.1) is 0 Å². The first-order chi connectivity index (χ1) is 11.4. The van der Waals surface area contributed by atoms with Gasteiger partial charge in [0.25, 0.3) is 5.91 Å². The fourth-order valence-corrected chi connectivity index (χ4v) is 4.53. The van der Waals surface area contributed by atoms with Crippen LogP contribution in [0.2, 0.25) is 0 Å². The van der Waals surface area contributed by atoms with Crippen molar-refractivity contribution in [2.24, 2.45) is 12.1 Å². The Bertz CT molecular complexity index is 798. The lowest BCUT2D eigenvalue weighted by atomic mass is 10.1. The van der Waals surface area contributed by atoms with Crippen LogP contribution >= 0.6 is 0 Å². The average Bonchev–Trinajstić information content (AvgIpc) is 3.10. The number of aryl methyl sites for hydroxylation is 1. The van der Waals surface area contributed by atoms with E-state index in [1.165, 1.54) is 5.01 Å². The van der Waals surface area contributed by atoms with E-state index < -0.39 is 15.9 Å². The van der Waals surface area contributed by atoms with Gasteiger partial charge >= 0.3 is 0 Å². The Morgan fingerprint density at radius 1 is 1.42 bits per heavy atom. The van der Waals surface area contributed by atoms with Crippen LogP contribution in [0.15, 0.2) is 17.4 Å². The first kappa shape index (κ1) is 16.6. The van der Waals surface area contributed by atoms with Gasteiger partial charge in [-0.1, -0.05) is 0 Å². The standard InChI is InChI=1S/C14H19N5O4S/c1-18-10(4-6-16-18)8-15-14(21)12-2-3-13(20)19(17-12)11-5-7-24(22,23)9-11/h4,6,11H,2-3,5,7-9H2,1H3,(H,15,21). The molecule has 1 unspecified atom stereocenters. The third-order valence-electron chi connectivity index (χ3n) is 4.23. The molecule has 24 heavy (non-hydrogen) atoms. The maximum Gasteiger partial charge on any atom is 0.267 e. The molecular formula is C14H19N5O4S. The van der Waals surface area contributed by atoms with Crippen LogP contribution in [0.5, 0.6) is 0 Å². The van der Waals surface area contributed by atoms with E-state index in [2.05, 4.69) is 15.5 Å². The summed E-state index contributed by atoms with van der Waals surface area (Å²) in [5.74, 6) is -0.625. The van der Waals surface area contributed by atoms with E-state index in [4.69, 9.17) is 0 Å². The largest absolute Gasteiger partial charge is 0.345 e. The quantitative estimate of drug-likeness (QED) is 0.761. The smallest absolute Gasteiger partial charge is 0.267 e. The molecule has 0 bridgehead atoms. The lowest BCUT2D eigenvalue weighted by molar-refractivity contribution is -0.133. The van der Waals surface area contributed by atoms with E-state index in [0.29, 0.717) is 13.0 Å². The number of hydrazone groups is 1. The molecule has 1 saturated heterocycles. The molecule has 9 nitrogen and oxygen atoms in total. The fraction of sp³-hybridized carbons (Fsp3) is 0.571. The van der Waals surface area contributed by atoms with E-state index in [1.807, 2.05) is 0 Å². The van der Waals surface area contributed by atoms with Crippen molar-refractivity contribution in [3.63, 3.8) is 0 Å². The monoisotopic (exact) mass is 353 g/mol. The summed E-state index contributed by atoms with van der Waals surface area (Å²) in [6, 6.07) is 1.32. The number of hydrogen-bond acceptors (Lipinski definition) is 6. The summed E-state index contributed by atoms with van der Waals surface area (Å²) in [6.07, 6.45) is 2.42. The molecule has 1 aromatic heterocycles. The maximum absolute atomic E-state index is 12.3. The van der Waals surface area contributed by atoms with Crippen molar-refractivity contribution in [3.05, 3.63) is 18.0 Å². The molecule has 2 aliphatic rings. The van der Waals surface area contributed by atoms with Crippen LogP contribution < -0.4 is 5.32 Å². The molecule has 3 heterocycles. The van der Waals surface area contributed by atoms with E-state index in [1.54, 1.807) is 24.0 Å². The number of rotatable bonds is 4. The van der Waals surface area contributed by atoms with Crippen molar-refractivity contribution < 1.29 is 18.0 Å². The highest BCUT2D eigenvalue weighted by Crippen LogP contribution is 2.22. The van der Waals surface area contributed by atoms with E-state index >= 15 is 0 Å². The predicted molar refractivity (Wildman–Crippen MR) is 85.6 cm³/mol. The molecule has 3 rings (SSSR count). The molecule has 2 amide bonds. The molecule has 0 aromatic carbocycles. The molecule has 10 heteroatoms. The van der Waals surface area contributed by atoms with Gasteiger partial charge < -0.3 is 5.32 Å². The van der Waals surface area contributed by atoms with Crippen molar-refractivity contribution >= 4 is 27.4 Å². The predicted octanol–water partition coefficient (Wildman–Crippen LogP) is -0.798. The molecule has 0 radical (unpaired) electrons. The molecule has 0 saturated carbocycles. The summed E-state index contributed by atoms with van der Waals surface area (Å²) in [4.78, 5) is 24.3. The number of hydrogen-bond donors (Lipinski definition) is 1. The van der Waals surface area contributed by atoms with Crippen molar-refractivity contribution in [1.29, 1.82) is 0 Å². The average molecular weight is 353 g/mol. The van der Waals surface area contributed by atoms with Gasteiger partial charge in [-0.05, 0) is 12.5 Å². The van der Waals surface area contributed by atoms with Gasteiger partial charge in [-0.15, -0.1) is 0 Å². The summed E-state index contributed by atoms with van der Waals surface area (Å²) in [5, 5.41) is 12.1. The first-order valence-corrected chi connectivity index (χ1v) is 9.53. The molecule has 130 valence electrons. The fourth-order valence-electron chi connectivity index (χ4n) is 2.84. The Morgan fingerprint density at radius 3 is 2.83 bits per heavy atom. The highest BCUT2D eigenvalue weighted by Gasteiger charge is 2.37. The van der Waals surface area contributed by atoms with Gasteiger partial charge in [-0.2, -0.15) is 10.2 Å². The Morgan fingerprint density at radius 2 is 2.21 bits per heavy atom. The third kappa shape index (κ3) is 3.48. The Kier molecular flexibility index (Phi) is 4.39. The Balaban J connectivity index is 1.68. The van der Waals surface area contributed by atoms with Crippen LogP contribution in [0.4, 0.5) is 0 Å². The highest BCUT2D eigenvalue weighted by atomic mass is 32.2. The maximum atomic E-state index is 12.3. The molecular weight excluding hydrogens is 334 g/mol. The lowest BCUT2D eigenvalue weighted by Crippen LogP contribution is -2.43. The normalized spacial score (nSPS) is 23.2. The molecule has 1 N–H and O–H groups in total. The summed E-state index contributed by atoms with van der Waals surface area (Å²) in [6.45, 7) is 0.306. The van der Waals surface area contributed by atoms with Crippen LogP contribution in [-0.4, -0.2) is 58.3 Å². The topological polar surface area (TPSA) is 114 Å². The van der Waals surface area contributed by atoms with E-state index in [9.17, 15) is 18.0 Å². The number of carbonyl (C=O) groups is 2. The summed E-state index contributed by atoms with van der Waals surface area (Å²) < 4.78 is 24.8. The molecule has 0 spiro atoms. The Labute approximate surface area is 139 Å². The van der Waals surface area contributed by atoms with Crippen molar-refractivity contribution in [2.75, 3.05) is 11.5 Å². The minimum Gasteiger partial charge on any atom is -0.345 e. The number of amides is 2. The van der Waals surface area contributed by atoms with Gasteiger partial charge in [0.05, 0.1) is 29.8 Å². The van der Waals surface area contributed by atoms with Crippen molar-refractivity contribution in [2.45, 2.75) is 31.8 Å². The van der Waals surface area contributed by atoms with Gasteiger partial charge in [-0.25, -0.2) is 13.4 Å². The van der Waals surface area contributed by atoms with Gasteiger partial charge in [0.15, 0.2) is 9.84 Å². The number of nitrogens with zero attached hydrogens (tertiary/aromatic N) is 4. The SMILES string of the molecule is Cn1nccc1CNC(=O)C1=NN(C2CCS(=O)(=O)C2)C(=O)CC1. The first-order valence-electron chi connectivity index (χ1n) is 7.71. The van der Waals surface area contributed by atoms with Crippen LogP contribution in [0.1, 0.15) is 25.0 Å². The van der Waals surface area contributed by atoms with E-state index in [0.717, 1.165) is 5.69 Å². The zero-order chi connectivity index (χ0) is 17.3. The number of aromatic nitrogens is 2. The third-order valence-corrected chi connectivity index (χ3v) is 5.98. The zero-order valence-corrected chi connectivity index (χ0v) is 14.1. The minimum absolute atomic E-state index is 0.0545. The lowest BCUT2D eigenvalue weighted by Gasteiger charge is -2.27. The molecule has 2 aliphatic heterocycles. The van der Waals surface area contributed by atoms with Crippen molar-refractivity contribution in [1.82, 2.24) is 20.1 Å². The summed E-state index contributed by atoms with van der Waals surface area (Å²) >= 11 is 0. The second-order valence-corrected chi connectivity index (χ2v) is 8.20. The van der Waals surface area contributed by atoms with Crippen LogP contribution in [0.25, 0.3) is 0 Å². The number of carbonyl (C=O) groups excluding carboxylic acids is 2. The zero-order valence-electron chi connectivity index (χ0n) is 13.3. The van der Waals surface area contributed by atoms with Gasteiger partial charge in [0.1, 0.15) is 5.71 Å². The second-order valence-electron chi connectivity index (χ2n) is 5.97. The summed E-state index contributed by atoms with van der Waals surface area (Å²) in [5.41, 5.74) is 1.09. The van der Waals surface area contributed by atoms with Crippen LogP contribution in [-0.2, 0) is 33.0 Å². The van der Waals surface area contributed by atoms with E-state index in [-0.39, 0.29) is 41.9 Å². The molecule has 1 aromatic rings. The van der Waals surface area contributed by atoms with Crippen LogP contribution in [0.3, 0.4) is 0 Å². The Hall–Kier alpha value is -2.23. The minimum atomic E-state index is -3.12. The van der Waals surface area contributed by atoms with Crippen molar-refractivity contribution in [3.8, 4) is 0 Å². The second kappa shape index (κ2) is 6.34. The highest BCUT2D eigenvalue weighted by molar-refractivity contribution is 7.91. The van der Waals surface area contributed by atoms with Gasteiger partial charge in [0.2, 0.25) is 5.91 Å². The number of nitrogens with one attached hydrogen (secondary N) is 1. The molecule has 0 aliphatic carbocycles. The van der Waals surface area contributed by atoms with Gasteiger partial charge in [0, 0.05) is 26.1 Å². The summed E-state index contributed by atoms with van der Waals surface area (Å²) in [7, 11) is -1.35.